The minimum Gasteiger partial charge on any atom is -0.480 e. The lowest BCUT2D eigenvalue weighted by Crippen LogP contribution is -2.51. The van der Waals surface area contributed by atoms with Crippen LogP contribution >= 0.6 is 0 Å². The predicted molar refractivity (Wildman–Crippen MR) is 166 cm³/mol. The number of nitro groups is 1. The highest BCUT2D eigenvalue weighted by atomic mass is 16.6. The fraction of sp³-hybridized carbons (Fsp3) is 0.273. The minimum atomic E-state index is -1.56. The molecule has 14 nitrogen and oxygen atoms in total. The summed E-state index contributed by atoms with van der Waals surface area (Å²) in [5, 5.41) is 25.2. The zero-order valence-electron chi connectivity index (χ0n) is 25.3. The lowest BCUT2D eigenvalue weighted by molar-refractivity contribution is -0.384. The molecule has 0 saturated carbocycles. The zero-order chi connectivity index (χ0) is 33.9. The topological polar surface area (TPSA) is 193 Å². The number of carbonyl (C=O) groups is 4. The van der Waals surface area contributed by atoms with Crippen LogP contribution in [0.3, 0.4) is 0 Å². The number of fused-ring (bicyclic) bond motifs is 3. The minimum absolute atomic E-state index is 0.0351. The van der Waals surface area contributed by atoms with Crippen LogP contribution < -0.4 is 10.6 Å². The maximum absolute atomic E-state index is 12.7. The molecule has 0 saturated heterocycles. The SMILES string of the molecule is C=CCOC(=O)[C@H](NC(=O)OCc1ccc([N+](=O)[O-])cc1)[C@H](C)OC[C@H](NC(=O)OCC1c2ccccc2-c2ccccc21)C(=O)O. The molecule has 4 rings (SSSR count). The summed E-state index contributed by atoms with van der Waals surface area (Å²) in [4.78, 5) is 60.1. The fourth-order valence-electron chi connectivity index (χ4n) is 4.93. The molecular weight excluding hydrogens is 614 g/mol. The number of rotatable bonds is 15. The molecule has 0 bridgehead atoms. The largest absolute Gasteiger partial charge is 0.480 e. The number of esters is 1. The summed E-state index contributed by atoms with van der Waals surface area (Å²) < 4.78 is 21.2. The second-order valence-electron chi connectivity index (χ2n) is 10.4. The number of hydrogen-bond acceptors (Lipinski definition) is 10. The van der Waals surface area contributed by atoms with E-state index in [0.717, 1.165) is 22.3 Å². The molecule has 0 unspecified atom stereocenters. The van der Waals surface area contributed by atoms with Crippen molar-refractivity contribution in [1.82, 2.24) is 10.6 Å². The number of aliphatic carboxylic acids is 1. The van der Waals surface area contributed by atoms with E-state index in [1.807, 2.05) is 48.5 Å². The highest BCUT2D eigenvalue weighted by Crippen LogP contribution is 2.44. The molecule has 246 valence electrons. The average Bonchev–Trinajstić information content (AvgIpc) is 3.39. The van der Waals surface area contributed by atoms with E-state index in [-0.39, 0.29) is 31.4 Å². The van der Waals surface area contributed by atoms with Crippen molar-refractivity contribution in [2.45, 2.75) is 37.6 Å². The number of benzene rings is 3. The lowest BCUT2D eigenvalue weighted by Gasteiger charge is -2.25. The first kappa shape index (κ1) is 34.1. The normalized spacial score (nSPS) is 13.6. The summed E-state index contributed by atoms with van der Waals surface area (Å²) in [5.74, 6) is -2.57. The molecule has 3 aromatic carbocycles. The highest BCUT2D eigenvalue weighted by Gasteiger charge is 2.33. The molecular formula is C33H33N3O11. The molecule has 2 amide bonds. The van der Waals surface area contributed by atoms with Crippen LogP contribution in [-0.2, 0) is 35.1 Å². The molecule has 0 aromatic heterocycles. The maximum Gasteiger partial charge on any atom is 0.408 e. The van der Waals surface area contributed by atoms with Crippen LogP contribution in [0.15, 0.2) is 85.5 Å². The van der Waals surface area contributed by atoms with Gasteiger partial charge in [-0.25, -0.2) is 19.2 Å². The van der Waals surface area contributed by atoms with Gasteiger partial charge in [-0.1, -0.05) is 61.2 Å². The Balaban J connectivity index is 1.32. The van der Waals surface area contributed by atoms with Crippen molar-refractivity contribution in [3.63, 3.8) is 0 Å². The van der Waals surface area contributed by atoms with Gasteiger partial charge in [-0.15, -0.1) is 0 Å². The summed E-state index contributed by atoms with van der Waals surface area (Å²) in [7, 11) is 0. The Kier molecular flexibility index (Phi) is 11.6. The van der Waals surface area contributed by atoms with Gasteiger partial charge in [0, 0.05) is 18.1 Å². The number of alkyl carbamates (subject to hydrolysis) is 2. The van der Waals surface area contributed by atoms with Gasteiger partial charge in [0.2, 0.25) is 0 Å². The van der Waals surface area contributed by atoms with Crippen molar-refractivity contribution < 1.29 is 48.2 Å². The van der Waals surface area contributed by atoms with Crippen molar-refractivity contribution in [3.05, 3.63) is 112 Å². The molecule has 3 atom stereocenters. The summed E-state index contributed by atoms with van der Waals surface area (Å²) in [6, 6.07) is 17.8. The van der Waals surface area contributed by atoms with Crippen molar-refractivity contribution >= 4 is 29.8 Å². The standard InChI is InChI=1S/C33H33N3O11/c1-3-16-44-31(39)29(35-33(41)46-17-21-12-14-22(15-13-21)36(42)43)20(2)45-19-28(30(37)38)34-32(40)47-18-27-25-10-6-4-8-23(25)24-9-5-7-11-26(24)27/h3-15,20,27-29H,1,16-19H2,2H3,(H,34,40)(H,35,41)(H,37,38)/t20-,28-,29+/m0/s1. The molecule has 14 heteroatoms. The van der Waals surface area contributed by atoms with Crippen LogP contribution in [0.5, 0.6) is 0 Å². The molecule has 0 heterocycles. The van der Waals surface area contributed by atoms with Gasteiger partial charge in [0.05, 0.1) is 17.6 Å². The first-order chi connectivity index (χ1) is 22.6. The molecule has 0 aliphatic heterocycles. The molecule has 0 fully saturated rings. The Morgan fingerprint density at radius 1 is 0.915 bits per heavy atom. The number of nitro benzene ring substituents is 1. The summed E-state index contributed by atoms with van der Waals surface area (Å²) in [6.07, 6.45) is -1.85. The second kappa shape index (κ2) is 16.0. The summed E-state index contributed by atoms with van der Waals surface area (Å²) in [5.41, 5.74) is 4.36. The van der Waals surface area contributed by atoms with Crippen molar-refractivity contribution in [2.24, 2.45) is 0 Å². The number of nitrogens with zero attached hydrogens (tertiary/aromatic N) is 1. The van der Waals surface area contributed by atoms with E-state index < -0.39 is 53.8 Å². The van der Waals surface area contributed by atoms with E-state index in [2.05, 4.69) is 17.2 Å². The van der Waals surface area contributed by atoms with Gasteiger partial charge in [0.15, 0.2) is 12.1 Å². The molecule has 0 spiro atoms. The van der Waals surface area contributed by atoms with E-state index in [1.165, 1.54) is 37.3 Å². The smallest absolute Gasteiger partial charge is 0.408 e. The summed E-state index contributed by atoms with van der Waals surface area (Å²) in [6.45, 7) is 3.79. The first-order valence-electron chi connectivity index (χ1n) is 14.5. The third-order valence-corrected chi connectivity index (χ3v) is 7.32. The quantitative estimate of drug-likeness (QED) is 0.0700. The number of non-ortho nitro benzene ring substituents is 1. The number of carbonyl (C=O) groups excluding carboxylic acids is 3. The molecule has 0 radical (unpaired) electrons. The van der Waals surface area contributed by atoms with E-state index in [1.54, 1.807) is 0 Å². The van der Waals surface area contributed by atoms with Gasteiger partial charge in [0.25, 0.3) is 5.69 Å². The van der Waals surface area contributed by atoms with Crippen LogP contribution in [0.1, 0.15) is 29.5 Å². The van der Waals surface area contributed by atoms with Crippen molar-refractivity contribution in [2.75, 3.05) is 19.8 Å². The first-order valence-corrected chi connectivity index (χ1v) is 14.5. The Bertz CT molecular complexity index is 1580. The van der Waals surface area contributed by atoms with Crippen LogP contribution in [0.2, 0.25) is 0 Å². The van der Waals surface area contributed by atoms with Gasteiger partial charge < -0.3 is 34.7 Å². The van der Waals surface area contributed by atoms with Crippen LogP contribution in [-0.4, -0.2) is 72.2 Å². The number of nitrogens with one attached hydrogen (secondary N) is 2. The van der Waals surface area contributed by atoms with Gasteiger partial charge in [-0.3, -0.25) is 10.1 Å². The van der Waals surface area contributed by atoms with Crippen molar-refractivity contribution in [3.8, 4) is 11.1 Å². The summed E-state index contributed by atoms with van der Waals surface area (Å²) >= 11 is 0. The Morgan fingerprint density at radius 3 is 2.09 bits per heavy atom. The zero-order valence-corrected chi connectivity index (χ0v) is 25.3. The van der Waals surface area contributed by atoms with Gasteiger partial charge in [-0.2, -0.15) is 0 Å². The van der Waals surface area contributed by atoms with Gasteiger partial charge >= 0.3 is 24.1 Å². The maximum atomic E-state index is 12.7. The molecule has 1 aliphatic carbocycles. The molecule has 1 aliphatic rings. The van der Waals surface area contributed by atoms with Crippen LogP contribution in [0.25, 0.3) is 11.1 Å². The number of hydrogen-bond donors (Lipinski definition) is 3. The van der Waals surface area contributed by atoms with Gasteiger partial charge in [-0.05, 0) is 46.9 Å². The molecule has 3 N–H and O–H groups in total. The molecule has 47 heavy (non-hydrogen) atoms. The average molecular weight is 648 g/mol. The van der Waals surface area contributed by atoms with Gasteiger partial charge in [0.1, 0.15) is 19.8 Å². The third-order valence-electron chi connectivity index (χ3n) is 7.32. The number of carboxylic acid groups (broad SMARTS) is 1. The Labute approximate surface area is 269 Å². The van der Waals surface area contributed by atoms with Crippen LogP contribution in [0, 0.1) is 10.1 Å². The number of ether oxygens (including phenoxy) is 4. The van der Waals surface area contributed by atoms with Crippen LogP contribution in [0.4, 0.5) is 15.3 Å². The highest BCUT2D eigenvalue weighted by molar-refractivity contribution is 5.83. The Hall–Kier alpha value is -5.76. The van der Waals surface area contributed by atoms with Crippen molar-refractivity contribution in [1.29, 1.82) is 0 Å². The fourth-order valence-corrected chi connectivity index (χ4v) is 4.93. The predicted octanol–water partition coefficient (Wildman–Crippen LogP) is 4.32. The van der Waals surface area contributed by atoms with E-state index in [4.69, 9.17) is 18.9 Å². The second-order valence-corrected chi connectivity index (χ2v) is 10.4. The van der Waals surface area contributed by atoms with E-state index in [9.17, 15) is 34.4 Å². The number of amides is 2. The molecule has 3 aromatic rings. The lowest BCUT2D eigenvalue weighted by atomic mass is 9.98. The Morgan fingerprint density at radius 2 is 1.51 bits per heavy atom. The van der Waals surface area contributed by atoms with E-state index >= 15 is 0 Å². The number of carboxylic acids is 1. The third kappa shape index (κ3) is 8.92. The van der Waals surface area contributed by atoms with E-state index in [0.29, 0.717) is 5.56 Å². The monoisotopic (exact) mass is 647 g/mol.